The first-order valence-corrected chi connectivity index (χ1v) is 7.73. The van der Waals surface area contributed by atoms with Crippen LogP contribution in [0.2, 0.25) is 19.6 Å². The minimum absolute atomic E-state index is 0.515. The Morgan fingerprint density at radius 3 is 2.45 bits per heavy atom. The van der Waals surface area contributed by atoms with Crippen LogP contribution in [0.3, 0.4) is 0 Å². The molecule has 0 aromatic carbocycles. The highest BCUT2D eigenvalue weighted by atomic mass is 28.3. The summed E-state index contributed by atoms with van der Waals surface area (Å²) in [5, 5.41) is 1.65. The average Bonchev–Trinajstić information content (AvgIpc) is 1.86. The van der Waals surface area contributed by atoms with Crippen molar-refractivity contribution in [3.05, 3.63) is 11.3 Å². The number of dihydropyridines is 1. The second-order valence-electron chi connectivity index (χ2n) is 4.29. The van der Waals surface area contributed by atoms with Crippen molar-refractivity contribution in [3.8, 4) is 0 Å². The molecule has 0 aliphatic carbocycles. The van der Waals surface area contributed by atoms with Crippen LogP contribution in [-0.2, 0) is 0 Å². The predicted molar refractivity (Wildman–Crippen MR) is 54.0 cm³/mol. The molecule has 11 heavy (non-hydrogen) atoms. The van der Waals surface area contributed by atoms with E-state index in [4.69, 9.17) is 0 Å². The SMILES string of the molecule is CC1CC([Si](C)(C)C)=CC=N1. The van der Waals surface area contributed by atoms with Crippen molar-refractivity contribution in [2.24, 2.45) is 4.99 Å². The van der Waals surface area contributed by atoms with Crippen molar-refractivity contribution >= 4 is 14.3 Å². The summed E-state index contributed by atoms with van der Waals surface area (Å²) >= 11 is 0. The minimum Gasteiger partial charge on any atom is -0.290 e. The van der Waals surface area contributed by atoms with Crippen molar-refractivity contribution in [1.82, 2.24) is 0 Å². The lowest BCUT2D eigenvalue weighted by atomic mass is 10.2. The van der Waals surface area contributed by atoms with Crippen LogP contribution >= 0.6 is 0 Å². The van der Waals surface area contributed by atoms with Crippen LogP contribution in [0, 0.1) is 0 Å². The molecule has 1 atom stereocenters. The van der Waals surface area contributed by atoms with E-state index in [1.807, 2.05) is 6.21 Å². The number of aliphatic imine (C=N–C) groups is 1. The fourth-order valence-electron chi connectivity index (χ4n) is 1.28. The van der Waals surface area contributed by atoms with Crippen molar-refractivity contribution in [1.29, 1.82) is 0 Å². The molecule has 0 fully saturated rings. The molecule has 1 aliphatic heterocycles. The summed E-state index contributed by atoms with van der Waals surface area (Å²) in [6.07, 6.45) is 5.38. The fourth-order valence-corrected chi connectivity index (χ4v) is 2.76. The van der Waals surface area contributed by atoms with Crippen molar-refractivity contribution in [2.75, 3.05) is 0 Å². The second-order valence-corrected chi connectivity index (χ2v) is 9.44. The summed E-state index contributed by atoms with van der Waals surface area (Å²) in [4.78, 5) is 4.31. The Labute approximate surface area is 70.2 Å². The number of rotatable bonds is 1. The second kappa shape index (κ2) is 2.93. The van der Waals surface area contributed by atoms with E-state index in [-0.39, 0.29) is 0 Å². The summed E-state index contributed by atoms with van der Waals surface area (Å²) in [5.74, 6) is 0. The molecule has 1 heterocycles. The van der Waals surface area contributed by atoms with Gasteiger partial charge in [-0.2, -0.15) is 0 Å². The first-order valence-electron chi connectivity index (χ1n) is 4.23. The highest BCUT2D eigenvalue weighted by Gasteiger charge is 2.21. The van der Waals surface area contributed by atoms with Crippen LogP contribution in [0.25, 0.3) is 0 Å². The normalized spacial score (nSPS) is 25.1. The van der Waals surface area contributed by atoms with Crippen LogP contribution in [-0.4, -0.2) is 20.3 Å². The van der Waals surface area contributed by atoms with E-state index in [0.29, 0.717) is 6.04 Å². The third-order valence-electron chi connectivity index (χ3n) is 2.09. The Morgan fingerprint density at radius 1 is 1.45 bits per heavy atom. The lowest BCUT2D eigenvalue weighted by Gasteiger charge is -2.24. The molecular weight excluding hydrogens is 150 g/mol. The van der Waals surface area contributed by atoms with Gasteiger partial charge in [-0.15, -0.1) is 0 Å². The molecule has 0 saturated carbocycles. The Morgan fingerprint density at radius 2 is 2.09 bits per heavy atom. The lowest BCUT2D eigenvalue weighted by Crippen LogP contribution is -2.27. The van der Waals surface area contributed by atoms with Gasteiger partial charge in [0.1, 0.15) is 0 Å². The van der Waals surface area contributed by atoms with E-state index in [9.17, 15) is 0 Å². The van der Waals surface area contributed by atoms with Gasteiger partial charge in [0.05, 0.1) is 14.1 Å². The van der Waals surface area contributed by atoms with E-state index >= 15 is 0 Å². The molecule has 0 amide bonds. The lowest BCUT2D eigenvalue weighted by molar-refractivity contribution is 0.744. The zero-order valence-electron chi connectivity index (χ0n) is 7.89. The Hall–Kier alpha value is -0.373. The molecule has 0 N–H and O–H groups in total. The van der Waals surface area contributed by atoms with Crippen molar-refractivity contribution in [2.45, 2.75) is 39.0 Å². The van der Waals surface area contributed by atoms with Gasteiger partial charge in [-0.1, -0.05) is 24.8 Å². The molecule has 0 aromatic rings. The summed E-state index contributed by atoms with van der Waals surface area (Å²) < 4.78 is 0. The zero-order chi connectivity index (χ0) is 8.48. The summed E-state index contributed by atoms with van der Waals surface area (Å²) in [5.41, 5.74) is 0. The monoisotopic (exact) mass is 167 g/mol. The van der Waals surface area contributed by atoms with Gasteiger partial charge in [0.15, 0.2) is 0 Å². The van der Waals surface area contributed by atoms with Crippen LogP contribution < -0.4 is 0 Å². The molecule has 62 valence electrons. The van der Waals surface area contributed by atoms with Gasteiger partial charge in [-0.25, -0.2) is 0 Å². The molecule has 1 aliphatic rings. The Kier molecular flexibility index (Phi) is 2.33. The average molecular weight is 167 g/mol. The van der Waals surface area contributed by atoms with Gasteiger partial charge in [0, 0.05) is 6.21 Å². The molecule has 0 spiro atoms. The van der Waals surface area contributed by atoms with E-state index in [1.54, 1.807) is 5.20 Å². The highest BCUT2D eigenvalue weighted by Crippen LogP contribution is 2.22. The standard InChI is InChI=1S/C9H17NSi/c1-8-7-9(5-6-10-8)11(2,3)4/h5-6,8H,7H2,1-4H3. The topological polar surface area (TPSA) is 12.4 Å². The Bertz CT molecular complexity index is 198. The maximum absolute atomic E-state index is 4.31. The maximum Gasteiger partial charge on any atom is 0.0726 e. The first-order chi connectivity index (χ1) is 5.00. The van der Waals surface area contributed by atoms with E-state index in [2.05, 4.69) is 37.6 Å². The molecule has 2 heteroatoms. The van der Waals surface area contributed by atoms with Gasteiger partial charge in [-0.3, -0.25) is 4.99 Å². The van der Waals surface area contributed by atoms with E-state index in [1.165, 1.54) is 6.42 Å². The van der Waals surface area contributed by atoms with Crippen molar-refractivity contribution in [3.63, 3.8) is 0 Å². The maximum atomic E-state index is 4.31. The largest absolute Gasteiger partial charge is 0.290 e. The van der Waals surface area contributed by atoms with Crippen LogP contribution in [0.5, 0.6) is 0 Å². The van der Waals surface area contributed by atoms with E-state index < -0.39 is 8.07 Å². The van der Waals surface area contributed by atoms with Crippen LogP contribution in [0.15, 0.2) is 16.3 Å². The summed E-state index contributed by atoms with van der Waals surface area (Å²) in [6.45, 7) is 9.36. The molecule has 1 unspecified atom stereocenters. The molecule has 1 rings (SSSR count). The van der Waals surface area contributed by atoms with Gasteiger partial charge in [0.25, 0.3) is 0 Å². The molecule has 1 nitrogen and oxygen atoms in total. The molecule has 0 radical (unpaired) electrons. The molecule has 0 aromatic heterocycles. The molecule has 0 saturated heterocycles. The number of hydrogen-bond donors (Lipinski definition) is 0. The smallest absolute Gasteiger partial charge is 0.0726 e. The molecule has 0 bridgehead atoms. The van der Waals surface area contributed by atoms with Crippen molar-refractivity contribution < 1.29 is 0 Å². The third-order valence-corrected chi connectivity index (χ3v) is 4.39. The van der Waals surface area contributed by atoms with Gasteiger partial charge in [-0.05, 0) is 19.4 Å². The zero-order valence-corrected chi connectivity index (χ0v) is 8.89. The number of allylic oxidation sites excluding steroid dienone is 1. The molecular formula is C9H17NSi. The van der Waals surface area contributed by atoms with Crippen LogP contribution in [0.1, 0.15) is 13.3 Å². The predicted octanol–water partition coefficient (Wildman–Crippen LogP) is 2.65. The summed E-state index contributed by atoms with van der Waals surface area (Å²) in [7, 11) is -1.03. The fraction of sp³-hybridized carbons (Fsp3) is 0.667. The van der Waals surface area contributed by atoms with Gasteiger partial charge < -0.3 is 0 Å². The van der Waals surface area contributed by atoms with Gasteiger partial charge >= 0.3 is 0 Å². The van der Waals surface area contributed by atoms with E-state index in [0.717, 1.165) is 0 Å². The summed E-state index contributed by atoms with van der Waals surface area (Å²) in [6, 6.07) is 0.515. The number of nitrogens with zero attached hydrogens (tertiary/aromatic N) is 1. The van der Waals surface area contributed by atoms with Crippen LogP contribution in [0.4, 0.5) is 0 Å². The minimum atomic E-state index is -1.03. The highest BCUT2D eigenvalue weighted by molar-refractivity contribution is 6.83. The quantitative estimate of drug-likeness (QED) is 0.532. The first kappa shape index (κ1) is 8.72. The number of hydrogen-bond acceptors (Lipinski definition) is 1. The third kappa shape index (κ3) is 2.29. The van der Waals surface area contributed by atoms with Gasteiger partial charge in [0.2, 0.25) is 0 Å². The Balaban J connectivity index is 2.75.